The molecule has 0 aliphatic heterocycles. The van der Waals surface area contributed by atoms with E-state index in [2.05, 4.69) is 36.4 Å². The normalized spacial score (nSPS) is 14.1. The van der Waals surface area contributed by atoms with Crippen LogP contribution in [0, 0.1) is 0 Å². The fourth-order valence-electron chi connectivity index (χ4n) is 8.09. The van der Waals surface area contributed by atoms with E-state index >= 15 is 0 Å². The molecule has 1 nitrogen and oxygen atoms in total. The van der Waals surface area contributed by atoms with Gasteiger partial charge in [-0.1, -0.05) is 164 Å². The third-order valence-corrected chi connectivity index (χ3v) is 10.3. The zero-order valence-corrected chi connectivity index (χ0v) is 27.1. The third kappa shape index (κ3) is 4.16. The van der Waals surface area contributed by atoms with Crippen molar-refractivity contribution in [2.75, 3.05) is 0 Å². The Morgan fingerprint density at radius 1 is 0.373 bits per heavy atom. The number of benzene rings is 10. The van der Waals surface area contributed by atoms with Crippen molar-refractivity contribution in [2.24, 2.45) is 0 Å². The van der Waals surface area contributed by atoms with Gasteiger partial charge >= 0.3 is 0 Å². The lowest BCUT2D eigenvalue weighted by molar-refractivity contribution is 0.673. The minimum Gasteiger partial charge on any atom is -0.455 e. The van der Waals surface area contributed by atoms with Crippen molar-refractivity contribution in [3.8, 4) is 33.4 Å². The highest BCUT2D eigenvalue weighted by Gasteiger charge is 2.21. The first kappa shape index (κ1) is 21.4. The Bertz CT molecular complexity index is 3580. The smallest absolute Gasteiger partial charge is 0.143 e. The SMILES string of the molecule is [2H]c1c([2H])c([2H])c2c(-c3cccc4oc5c6ccccc6ccc5c34)c3c([2H])c([2H])c([2H])c([2H])c3c(-c3cccc(-c4cccc5ccc6ccccc6c45)c3)c2c1[2H]. The first-order valence-corrected chi connectivity index (χ1v) is 16.9. The van der Waals surface area contributed by atoms with E-state index < -0.39 is 24.2 Å². The first-order valence-electron chi connectivity index (χ1n) is 20.9. The van der Waals surface area contributed by atoms with E-state index in [1.54, 1.807) is 0 Å². The van der Waals surface area contributed by atoms with E-state index in [1.807, 2.05) is 97.1 Å². The number of rotatable bonds is 3. The maximum atomic E-state index is 9.55. The van der Waals surface area contributed by atoms with Crippen LogP contribution < -0.4 is 0 Å². The lowest BCUT2D eigenvalue weighted by Crippen LogP contribution is -1.92. The highest BCUT2D eigenvalue weighted by atomic mass is 16.3. The summed E-state index contributed by atoms with van der Waals surface area (Å²) in [6, 6.07) is 40.6. The summed E-state index contributed by atoms with van der Waals surface area (Å²) in [6.45, 7) is 0. The Labute approximate surface area is 305 Å². The predicted molar refractivity (Wildman–Crippen MR) is 218 cm³/mol. The maximum Gasteiger partial charge on any atom is 0.143 e. The van der Waals surface area contributed by atoms with Crippen molar-refractivity contribution in [1.29, 1.82) is 0 Å². The topological polar surface area (TPSA) is 13.1 Å². The lowest BCUT2D eigenvalue weighted by atomic mass is 9.84. The van der Waals surface area contributed by atoms with Gasteiger partial charge in [-0.05, 0) is 100 Å². The van der Waals surface area contributed by atoms with E-state index in [0.717, 1.165) is 48.8 Å². The van der Waals surface area contributed by atoms with E-state index in [9.17, 15) is 5.48 Å². The van der Waals surface area contributed by atoms with E-state index in [1.165, 1.54) is 0 Å². The van der Waals surface area contributed by atoms with Gasteiger partial charge < -0.3 is 4.42 Å². The molecule has 1 heterocycles. The summed E-state index contributed by atoms with van der Waals surface area (Å²) in [6.07, 6.45) is 0. The minimum absolute atomic E-state index is 0.160. The van der Waals surface area contributed by atoms with E-state index in [4.69, 9.17) is 9.90 Å². The van der Waals surface area contributed by atoms with Crippen LogP contribution in [0.3, 0.4) is 0 Å². The van der Waals surface area contributed by atoms with Gasteiger partial charge in [0.1, 0.15) is 11.2 Å². The fraction of sp³-hybridized carbons (Fsp3) is 0. The molecular formula is C50H30O. The average molecular weight is 655 g/mol. The number of hydrogen-bond donors (Lipinski definition) is 0. The van der Waals surface area contributed by atoms with Crippen LogP contribution >= 0.6 is 0 Å². The zero-order chi connectivity index (χ0) is 40.4. The highest BCUT2D eigenvalue weighted by molar-refractivity contribution is 6.27. The molecule has 1 heteroatoms. The average Bonchev–Trinajstić information content (AvgIpc) is 3.67. The molecule has 0 spiro atoms. The van der Waals surface area contributed by atoms with Gasteiger partial charge in [-0.15, -0.1) is 0 Å². The molecule has 0 aliphatic carbocycles. The van der Waals surface area contributed by atoms with Crippen molar-refractivity contribution >= 4 is 75.8 Å². The predicted octanol–water partition coefficient (Wildman–Crippen LogP) is 14.4. The molecule has 0 bridgehead atoms. The Morgan fingerprint density at radius 3 is 1.73 bits per heavy atom. The van der Waals surface area contributed by atoms with Crippen molar-refractivity contribution in [3.05, 3.63) is 182 Å². The molecule has 0 unspecified atom stereocenters. The van der Waals surface area contributed by atoms with Gasteiger partial charge in [0.05, 0.1) is 11.0 Å². The van der Waals surface area contributed by atoms with Crippen molar-refractivity contribution in [2.45, 2.75) is 0 Å². The Hall–Kier alpha value is -6.70. The molecule has 0 saturated carbocycles. The van der Waals surface area contributed by atoms with E-state index in [0.29, 0.717) is 33.2 Å². The van der Waals surface area contributed by atoms with Gasteiger partial charge in [0.15, 0.2) is 0 Å². The molecule has 11 aromatic rings. The molecule has 11 rings (SSSR count). The van der Waals surface area contributed by atoms with Gasteiger partial charge in [0.25, 0.3) is 0 Å². The summed E-state index contributed by atoms with van der Waals surface area (Å²) in [5.41, 5.74) is 4.67. The molecule has 0 fully saturated rings. The molecule has 0 atom stereocenters. The van der Waals surface area contributed by atoms with Gasteiger partial charge in [0, 0.05) is 16.2 Å². The lowest BCUT2D eigenvalue weighted by Gasteiger charge is -2.19. The summed E-state index contributed by atoms with van der Waals surface area (Å²) in [5.74, 6) is 0. The van der Waals surface area contributed by atoms with Crippen LogP contribution in [0.25, 0.3) is 109 Å². The Kier molecular flexibility index (Phi) is 4.57. The van der Waals surface area contributed by atoms with Crippen LogP contribution in [0.2, 0.25) is 0 Å². The third-order valence-electron chi connectivity index (χ3n) is 10.3. The summed E-state index contributed by atoms with van der Waals surface area (Å²) in [5, 5.41) is 8.29. The van der Waals surface area contributed by atoms with Crippen molar-refractivity contribution in [1.82, 2.24) is 0 Å². The van der Waals surface area contributed by atoms with Crippen LogP contribution in [0.15, 0.2) is 186 Å². The molecule has 51 heavy (non-hydrogen) atoms. The fourth-order valence-corrected chi connectivity index (χ4v) is 8.09. The first-order chi connectivity index (χ1) is 28.6. The Morgan fingerprint density at radius 2 is 0.941 bits per heavy atom. The van der Waals surface area contributed by atoms with Crippen LogP contribution in [0.5, 0.6) is 0 Å². The van der Waals surface area contributed by atoms with Crippen molar-refractivity contribution < 1.29 is 15.4 Å². The quantitative estimate of drug-likeness (QED) is 0.136. The second-order valence-electron chi connectivity index (χ2n) is 13.0. The second kappa shape index (κ2) is 10.9. The molecule has 0 saturated heterocycles. The molecule has 0 amide bonds. The second-order valence-corrected chi connectivity index (χ2v) is 13.0. The molecule has 236 valence electrons. The molecule has 0 N–H and O–H groups in total. The summed E-state index contributed by atoms with van der Waals surface area (Å²) >= 11 is 0. The van der Waals surface area contributed by atoms with E-state index in [-0.39, 0.29) is 51.3 Å². The highest BCUT2D eigenvalue weighted by Crippen LogP contribution is 2.48. The number of fused-ring (bicyclic) bond motifs is 10. The number of hydrogen-bond acceptors (Lipinski definition) is 1. The Balaban J connectivity index is 1.33. The summed E-state index contributed by atoms with van der Waals surface area (Å²) in [4.78, 5) is 0. The summed E-state index contributed by atoms with van der Waals surface area (Å²) < 4.78 is 80.6. The van der Waals surface area contributed by atoms with Crippen molar-refractivity contribution in [3.63, 3.8) is 0 Å². The van der Waals surface area contributed by atoms with Gasteiger partial charge in [-0.25, -0.2) is 0 Å². The zero-order valence-electron chi connectivity index (χ0n) is 35.1. The van der Waals surface area contributed by atoms with Crippen LogP contribution in [0.1, 0.15) is 11.0 Å². The molecule has 10 aromatic carbocycles. The maximum absolute atomic E-state index is 9.55. The van der Waals surface area contributed by atoms with Crippen LogP contribution in [-0.4, -0.2) is 0 Å². The monoisotopic (exact) mass is 654 g/mol. The summed E-state index contributed by atoms with van der Waals surface area (Å²) in [7, 11) is 0. The molecule has 0 aliphatic rings. The standard InChI is InChI=1S/C50H30O/c1-3-17-36-31(12-1)26-27-33-14-10-23-37(46(33)36)34-15-9-16-35(30-34)47-39-19-5-7-21-41(39)48(42-22-8-6-20-40(42)47)43-24-11-25-45-49(43)44-29-28-32-13-2-4-18-38(32)50(44)51-45/h1-30H/i5D,6D,7D,8D,19D,20D,21D,22D. The van der Waals surface area contributed by atoms with Gasteiger partial charge in [0.2, 0.25) is 0 Å². The molecular weight excluding hydrogens is 617 g/mol. The van der Waals surface area contributed by atoms with Gasteiger partial charge in [-0.3, -0.25) is 0 Å². The minimum atomic E-state index is -0.443. The van der Waals surface area contributed by atoms with Gasteiger partial charge in [-0.2, -0.15) is 0 Å². The largest absolute Gasteiger partial charge is 0.455 e. The van der Waals surface area contributed by atoms with Crippen LogP contribution in [-0.2, 0) is 0 Å². The molecule has 0 radical (unpaired) electrons. The number of furan rings is 1. The van der Waals surface area contributed by atoms with Crippen LogP contribution in [0.4, 0.5) is 0 Å². The molecule has 1 aromatic heterocycles.